The standard InChI is InChI=1S/C22H28N2O2/c1-15(2)24(16(3)4)14-13-23-22(25)21-17-9-5-7-11-19(17)26-20-12-8-6-10-18(20)21/h5-12,15-16,21H,13-14H2,1-4H3,(H,23,25)/p+1. The van der Waals surface area contributed by atoms with E-state index < -0.39 is 0 Å². The Labute approximate surface area is 156 Å². The first-order valence-corrected chi connectivity index (χ1v) is 9.48. The summed E-state index contributed by atoms with van der Waals surface area (Å²) in [5.41, 5.74) is 1.86. The maximum absolute atomic E-state index is 13.1. The van der Waals surface area contributed by atoms with Crippen LogP contribution in [-0.4, -0.2) is 31.1 Å². The van der Waals surface area contributed by atoms with Crippen molar-refractivity contribution in [1.82, 2.24) is 5.32 Å². The summed E-state index contributed by atoms with van der Waals surface area (Å²) in [6.07, 6.45) is 0. The monoisotopic (exact) mass is 353 g/mol. The molecule has 138 valence electrons. The molecule has 4 heteroatoms. The molecule has 0 bridgehead atoms. The van der Waals surface area contributed by atoms with Crippen LogP contribution in [0.15, 0.2) is 48.5 Å². The fourth-order valence-corrected chi connectivity index (χ4v) is 3.87. The summed E-state index contributed by atoms with van der Waals surface area (Å²) >= 11 is 0. The number of carbonyl (C=O) groups excluding carboxylic acids is 1. The van der Waals surface area contributed by atoms with Crippen molar-refractivity contribution in [3.8, 4) is 11.5 Å². The number of nitrogens with one attached hydrogen (secondary N) is 2. The molecule has 0 saturated heterocycles. The number of fused-ring (bicyclic) bond motifs is 2. The highest BCUT2D eigenvalue weighted by Crippen LogP contribution is 2.43. The van der Waals surface area contributed by atoms with Crippen molar-refractivity contribution >= 4 is 5.91 Å². The maximum Gasteiger partial charge on any atom is 0.232 e. The Bertz CT molecular complexity index is 717. The van der Waals surface area contributed by atoms with E-state index in [4.69, 9.17) is 4.74 Å². The number of ether oxygens (including phenoxy) is 1. The molecule has 1 aliphatic heterocycles. The molecule has 2 N–H and O–H groups in total. The Morgan fingerprint density at radius 3 is 1.96 bits per heavy atom. The number of hydrogen-bond donors (Lipinski definition) is 2. The molecule has 0 atom stereocenters. The van der Waals surface area contributed by atoms with Crippen LogP contribution in [0.1, 0.15) is 44.7 Å². The molecule has 0 fully saturated rings. The number of para-hydroxylation sites is 2. The molecular formula is C22H29N2O2+. The number of carbonyl (C=O) groups is 1. The van der Waals surface area contributed by atoms with Gasteiger partial charge in [-0.1, -0.05) is 36.4 Å². The second-order valence-electron chi connectivity index (χ2n) is 7.54. The van der Waals surface area contributed by atoms with Gasteiger partial charge in [-0.25, -0.2) is 0 Å². The molecule has 0 spiro atoms. The zero-order valence-corrected chi connectivity index (χ0v) is 16.1. The van der Waals surface area contributed by atoms with Gasteiger partial charge >= 0.3 is 0 Å². The van der Waals surface area contributed by atoms with Crippen LogP contribution in [0, 0.1) is 0 Å². The SMILES string of the molecule is CC(C)[NH+](CCNC(=O)C1c2ccccc2Oc2ccccc21)C(C)C. The van der Waals surface area contributed by atoms with Crippen LogP contribution in [0.3, 0.4) is 0 Å². The molecule has 2 aromatic carbocycles. The highest BCUT2D eigenvalue weighted by molar-refractivity contribution is 5.89. The number of amides is 1. The van der Waals surface area contributed by atoms with Crippen molar-refractivity contribution in [2.24, 2.45) is 0 Å². The molecule has 3 rings (SSSR count). The summed E-state index contributed by atoms with van der Waals surface area (Å²) in [6, 6.07) is 16.7. The normalized spacial score (nSPS) is 13.5. The van der Waals surface area contributed by atoms with Crippen LogP contribution in [0.25, 0.3) is 0 Å². The van der Waals surface area contributed by atoms with Gasteiger partial charge in [-0.05, 0) is 39.8 Å². The van der Waals surface area contributed by atoms with Crippen molar-refractivity contribution in [1.29, 1.82) is 0 Å². The third-order valence-electron chi connectivity index (χ3n) is 5.14. The first-order chi connectivity index (χ1) is 12.5. The Balaban J connectivity index is 1.77. The Morgan fingerprint density at radius 2 is 1.46 bits per heavy atom. The lowest BCUT2D eigenvalue weighted by Gasteiger charge is -2.29. The van der Waals surface area contributed by atoms with Crippen molar-refractivity contribution in [3.05, 3.63) is 59.7 Å². The third kappa shape index (κ3) is 3.75. The summed E-state index contributed by atoms with van der Waals surface area (Å²) < 4.78 is 5.98. The minimum absolute atomic E-state index is 0.0417. The largest absolute Gasteiger partial charge is 0.457 e. The van der Waals surface area contributed by atoms with E-state index in [9.17, 15) is 4.79 Å². The lowest BCUT2D eigenvalue weighted by atomic mass is 9.87. The second kappa shape index (κ2) is 7.92. The molecule has 0 aromatic heterocycles. The molecule has 4 nitrogen and oxygen atoms in total. The lowest BCUT2D eigenvalue weighted by molar-refractivity contribution is -0.941. The minimum Gasteiger partial charge on any atom is -0.457 e. The molecular weight excluding hydrogens is 324 g/mol. The van der Waals surface area contributed by atoms with Crippen LogP contribution in [0.4, 0.5) is 0 Å². The predicted octanol–water partition coefficient (Wildman–Crippen LogP) is 2.74. The molecule has 1 amide bonds. The zero-order chi connectivity index (χ0) is 18.7. The van der Waals surface area contributed by atoms with Gasteiger partial charge in [0.05, 0.1) is 31.1 Å². The minimum atomic E-state index is -0.322. The van der Waals surface area contributed by atoms with E-state index in [1.54, 1.807) is 0 Å². The van der Waals surface area contributed by atoms with Gasteiger partial charge in [0.1, 0.15) is 11.5 Å². The van der Waals surface area contributed by atoms with E-state index in [0.29, 0.717) is 18.6 Å². The Hall–Kier alpha value is -2.33. The van der Waals surface area contributed by atoms with Crippen LogP contribution < -0.4 is 15.0 Å². The van der Waals surface area contributed by atoms with Gasteiger partial charge in [0.2, 0.25) is 5.91 Å². The molecule has 0 radical (unpaired) electrons. The number of hydrogen-bond acceptors (Lipinski definition) is 2. The van der Waals surface area contributed by atoms with E-state index in [2.05, 4.69) is 33.0 Å². The highest BCUT2D eigenvalue weighted by Gasteiger charge is 2.32. The predicted molar refractivity (Wildman–Crippen MR) is 104 cm³/mol. The number of rotatable bonds is 6. The van der Waals surface area contributed by atoms with Gasteiger partial charge in [0.15, 0.2) is 0 Å². The van der Waals surface area contributed by atoms with E-state index in [-0.39, 0.29) is 11.8 Å². The van der Waals surface area contributed by atoms with E-state index in [0.717, 1.165) is 29.2 Å². The van der Waals surface area contributed by atoms with Gasteiger partial charge in [0, 0.05) is 11.1 Å². The second-order valence-corrected chi connectivity index (χ2v) is 7.54. The van der Waals surface area contributed by atoms with Crippen LogP contribution in [0.2, 0.25) is 0 Å². The summed E-state index contributed by atoms with van der Waals surface area (Å²) in [4.78, 5) is 14.6. The molecule has 26 heavy (non-hydrogen) atoms. The van der Waals surface area contributed by atoms with Crippen LogP contribution in [-0.2, 0) is 4.79 Å². The summed E-state index contributed by atoms with van der Waals surface area (Å²) in [5, 5.41) is 3.16. The molecule has 0 unspecified atom stereocenters. The smallest absolute Gasteiger partial charge is 0.232 e. The third-order valence-corrected chi connectivity index (χ3v) is 5.14. The molecule has 1 heterocycles. The van der Waals surface area contributed by atoms with Crippen molar-refractivity contribution in [2.45, 2.75) is 45.7 Å². The van der Waals surface area contributed by atoms with Gasteiger partial charge in [0.25, 0.3) is 0 Å². The van der Waals surface area contributed by atoms with Gasteiger partial charge < -0.3 is 15.0 Å². The van der Waals surface area contributed by atoms with Crippen LogP contribution >= 0.6 is 0 Å². The van der Waals surface area contributed by atoms with Gasteiger partial charge in [-0.3, -0.25) is 4.79 Å². The lowest BCUT2D eigenvalue weighted by Crippen LogP contribution is -3.18. The van der Waals surface area contributed by atoms with Gasteiger partial charge in [-0.15, -0.1) is 0 Å². The van der Waals surface area contributed by atoms with E-state index in [1.165, 1.54) is 4.90 Å². The molecule has 1 aliphatic rings. The zero-order valence-electron chi connectivity index (χ0n) is 16.1. The fraction of sp³-hybridized carbons (Fsp3) is 0.409. The Morgan fingerprint density at radius 1 is 0.962 bits per heavy atom. The van der Waals surface area contributed by atoms with Crippen molar-refractivity contribution in [3.63, 3.8) is 0 Å². The number of benzene rings is 2. The van der Waals surface area contributed by atoms with Gasteiger partial charge in [-0.2, -0.15) is 0 Å². The summed E-state index contributed by atoms with van der Waals surface area (Å²) in [5.74, 6) is 1.25. The first kappa shape index (κ1) is 18.5. The molecule has 0 aliphatic carbocycles. The van der Waals surface area contributed by atoms with Crippen LogP contribution in [0.5, 0.6) is 11.5 Å². The number of quaternary nitrogens is 1. The van der Waals surface area contributed by atoms with E-state index >= 15 is 0 Å². The fourth-order valence-electron chi connectivity index (χ4n) is 3.87. The average molecular weight is 353 g/mol. The quantitative estimate of drug-likeness (QED) is 0.839. The van der Waals surface area contributed by atoms with E-state index in [1.807, 2.05) is 48.5 Å². The average Bonchev–Trinajstić information content (AvgIpc) is 2.62. The summed E-state index contributed by atoms with van der Waals surface area (Å²) in [7, 11) is 0. The summed E-state index contributed by atoms with van der Waals surface area (Å²) in [6.45, 7) is 10.5. The first-order valence-electron chi connectivity index (χ1n) is 9.48. The maximum atomic E-state index is 13.1. The van der Waals surface area contributed by atoms with Crippen molar-refractivity contribution < 1.29 is 14.4 Å². The highest BCUT2D eigenvalue weighted by atomic mass is 16.5. The molecule has 0 saturated carbocycles. The Kier molecular flexibility index (Phi) is 5.62. The van der Waals surface area contributed by atoms with Crippen molar-refractivity contribution in [2.75, 3.05) is 13.1 Å². The topological polar surface area (TPSA) is 42.8 Å². The molecule has 2 aromatic rings.